The van der Waals surface area contributed by atoms with E-state index in [0.717, 1.165) is 17.9 Å². The van der Waals surface area contributed by atoms with Crippen LogP contribution in [-0.4, -0.2) is 15.4 Å². The van der Waals surface area contributed by atoms with Crippen molar-refractivity contribution in [3.8, 4) is 0 Å². The Hall–Kier alpha value is -1.32. The van der Waals surface area contributed by atoms with Crippen LogP contribution in [0.4, 0.5) is 0 Å². The number of hydrogen-bond donors (Lipinski definition) is 2. The Morgan fingerprint density at radius 1 is 1.67 bits per heavy atom. The van der Waals surface area contributed by atoms with E-state index in [-0.39, 0.29) is 5.84 Å². The first kappa shape index (κ1) is 8.77. The van der Waals surface area contributed by atoms with Gasteiger partial charge in [-0.2, -0.15) is 0 Å². The van der Waals surface area contributed by atoms with E-state index in [1.165, 1.54) is 0 Å². The quantitative estimate of drug-likeness (QED) is 0.515. The minimum atomic E-state index is 0.223. The Morgan fingerprint density at radius 2 is 2.33 bits per heavy atom. The van der Waals surface area contributed by atoms with Crippen molar-refractivity contribution in [2.45, 2.75) is 26.8 Å². The molecular formula is C8H14N4. The molecule has 0 aromatic carbocycles. The molecule has 3 N–H and O–H groups in total. The van der Waals surface area contributed by atoms with E-state index in [1.54, 1.807) is 6.33 Å². The van der Waals surface area contributed by atoms with E-state index in [0.29, 0.717) is 6.42 Å². The highest BCUT2D eigenvalue weighted by atomic mass is 15.0. The molecule has 0 spiro atoms. The summed E-state index contributed by atoms with van der Waals surface area (Å²) in [7, 11) is 0. The lowest BCUT2D eigenvalue weighted by molar-refractivity contribution is 0.699. The topological polar surface area (TPSA) is 67.7 Å². The van der Waals surface area contributed by atoms with Crippen molar-refractivity contribution in [2.75, 3.05) is 0 Å². The van der Waals surface area contributed by atoms with Gasteiger partial charge in [-0.05, 0) is 13.8 Å². The minimum absolute atomic E-state index is 0.223. The van der Waals surface area contributed by atoms with Gasteiger partial charge in [0, 0.05) is 18.7 Å². The average molecular weight is 166 g/mol. The molecule has 12 heavy (non-hydrogen) atoms. The second kappa shape index (κ2) is 3.38. The molecule has 0 aliphatic rings. The Balaban J connectivity index is 2.63. The van der Waals surface area contributed by atoms with Crippen LogP contribution in [-0.2, 0) is 6.54 Å². The van der Waals surface area contributed by atoms with Gasteiger partial charge in [-0.3, -0.25) is 5.41 Å². The lowest BCUT2D eigenvalue weighted by atomic mass is 10.3. The zero-order valence-corrected chi connectivity index (χ0v) is 7.46. The van der Waals surface area contributed by atoms with Crippen LogP contribution >= 0.6 is 0 Å². The van der Waals surface area contributed by atoms with Gasteiger partial charge in [-0.15, -0.1) is 0 Å². The van der Waals surface area contributed by atoms with Crippen LogP contribution in [0.5, 0.6) is 0 Å². The molecule has 0 saturated heterocycles. The SMILES string of the molecule is Cc1ncn(CCC(=N)N)c1C. The summed E-state index contributed by atoms with van der Waals surface area (Å²) in [4.78, 5) is 4.15. The molecule has 0 atom stereocenters. The zero-order valence-electron chi connectivity index (χ0n) is 7.46. The molecule has 66 valence electrons. The fraction of sp³-hybridized carbons (Fsp3) is 0.500. The summed E-state index contributed by atoms with van der Waals surface area (Å²) in [5.41, 5.74) is 7.44. The van der Waals surface area contributed by atoms with Crippen molar-refractivity contribution in [1.82, 2.24) is 9.55 Å². The Morgan fingerprint density at radius 3 is 2.75 bits per heavy atom. The minimum Gasteiger partial charge on any atom is -0.388 e. The number of rotatable bonds is 3. The van der Waals surface area contributed by atoms with Crippen LogP contribution in [0, 0.1) is 19.3 Å². The maximum absolute atomic E-state index is 7.06. The first-order valence-electron chi connectivity index (χ1n) is 3.92. The zero-order chi connectivity index (χ0) is 9.14. The second-order valence-electron chi connectivity index (χ2n) is 2.88. The fourth-order valence-corrected chi connectivity index (χ4v) is 1.01. The van der Waals surface area contributed by atoms with Crippen LogP contribution in [0.2, 0.25) is 0 Å². The number of imidazole rings is 1. The molecule has 0 aliphatic carbocycles. The third-order valence-corrected chi connectivity index (χ3v) is 1.97. The van der Waals surface area contributed by atoms with E-state index >= 15 is 0 Å². The predicted molar refractivity (Wildman–Crippen MR) is 48.2 cm³/mol. The first-order chi connectivity index (χ1) is 5.61. The molecule has 1 aromatic rings. The highest BCUT2D eigenvalue weighted by molar-refractivity contribution is 5.76. The van der Waals surface area contributed by atoms with E-state index < -0.39 is 0 Å². The van der Waals surface area contributed by atoms with Gasteiger partial charge in [0.25, 0.3) is 0 Å². The summed E-state index contributed by atoms with van der Waals surface area (Å²) in [6.45, 7) is 4.74. The molecule has 0 amide bonds. The van der Waals surface area contributed by atoms with Gasteiger partial charge in [0.1, 0.15) is 0 Å². The number of amidine groups is 1. The number of aryl methyl sites for hydroxylation is 2. The summed E-state index contributed by atoms with van der Waals surface area (Å²) in [5, 5.41) is 7.06. The molecule has 0 radical (unpaired) electrons. The fourth-order valence-electron chi connectivity index (χ4n) is 1.01. The average Bonchev–Trinajstić information content (AvgIpc) is 2.30. The largest absolute Gasteiger partial charge is 0.388 e. The maximum atomic E-state index is 7.06. The van der Waals surface area contributed by atoms with Crippen molar-refractivity contribution >= 4 is 5.84 Å². The smallest absolute Gasteiger partial charge is 0.0951 e. The third kappa shape index (κ3) is 1.84. The molecule has 4 nitrogen and oxygen atoms in total. The molecule has 1 aromatic heterocycles. The summed E-state index contributed by atoms with van der Waals surface area (Å²) in [6, 6.07) is 0. The molecule has 0 saturated carbocycles. The lowest BCUT2D eigenvalue weighted by Gasteiger charge is -2.03. The van der Waals surface area contributed by atoms with Crippen molar-refractivity contribution in [3.05, 3.63) is 17.7 Å². The van der Waals surface area contributed by atoms with E-state index in [4.69, 9.17) is 11.1 Å². The van der Waals surface area contributed by atoms with Crippen molar-refractivity contribution in [2.24, 2.45) is 5.73 Å². The number of aromatic nitrogens is 2. The van der Waals surface area contributed by atoms with Gasteiger partial charge in [-0.1, -0.05) is 0 Å². The molecule has 1 rings (SSSR count). The summed E-state index contributed by atoms with van der Waals surface area (Å²) >= 11 is 0. The van der Waals surface area contributed by atoms with E-state index in [9.17, 15) is 0 Å². The van der Waals surface area contributed by atoms with Crippen molar-refractivity contribution < 1.29 is 0 Å². The van der Waals surface area contributed by atoms with Gasteiger partial charge >= 0.3 is 0 Å². The van der Waals surface area contributed by atoms with E-state index in [2.05, 4.69) is 4.98 Å². The molecule has 0 aliphatic heterocycles. The Bertz CT molecular complexity index is 287. The van der Waals surface area contributed by atoms with Crippen LogP contribution in [0.15, 0.2) is 6.33 Å². The standard InChI is InChI=1S/C8H14N4/c1-6-7(2)12(5-11-6)4-3-8(9)10/h5H,3-4H2,1-2H3,(H3,9,10). The number of nitrogens with zero attached hydrogens (tertiary/aromatic N) is 2. The second-order valence-corrected chi connectivity index (χ2v) is 2.88. The molecule has 1 heterocycles. The van der Waals surface area contributed by atoms with Gasteiger partial charge in [0.05, 0.1) is 17.9 Å². The monoisotopic (exact) mass is 166 g/mol. The molecular weight excluding hydrogens is 152 g/mol. The van der Waals surface area contributed by atoms with Crippen LogP contribution < -0.4 is 5.73 Å². The van der Waals surface area contributed by atoms with Crippen LogP contribution in [0.3, 0.4) is 0 Å². The summed E-state index contributed by atoms with van der Waals surface area (Å²) in [6.07, 6.45) is 2.38. The van der Waals surface area contributed by atoms with E-state index in [1.807, 2.05) is 18.4 Å². The Kier molecular flexibility index (Phi) is 2.47. The molecule has 0 fully saturated rings. The highest BCUT2D eigenvalue weighted by Gasteiger charge is 2.01. The van der Waals surface area contributed by atoms with Crippen molar-refractivity contribution in [1.29, 1.82) is 5.41 Å². The molecule has 0 unspecified atom stereocenters. The van der Waals surface area contributed by atoms with Gasteiger partial charge in [0.15, 0.2) is 0 Å². The summed E-state index contributed by atoms with van der Waals surface area (Å²) in [5.74, 6) is 0.223. The third-order valence-electron chi connectivity index (χ3n) is 1.97. The number of nitrogens with two attached hydrogens (primary N) is 1. The molecule has 4 heteroatoms. The van der Waals surface area contributed by atoms with Crippen LogP contribution in [0.25, 0.3) is 0 Å². The first-order valence-corrected chi connectivity index (χ1v) is 3.92. The number of nitrogens with one attached hydrogen (secondary N) is 1. The Labute approximate surface area is 71.9 Å². The van der Waals surface area contributed by atoms with Crippen LogP contribution in [0.1, 0.15) is 17.8 Å². The predicted octanol–water partition coefficient (Wildman–Crippen LogP) is 0.826. The highest BCUT2D eigenvalue weighted by Crippen LogP contribution is 2.04. The summed E-state index contributed by atoms with van der Waals surface area (Å²) < 4.78 is 2.01. The lowest BCUT2D eigenvalue weighted by Crippen LogP contribution is -2.13. The number of hydrogen-bond acceptors (Lipinski definition) is 2. The maximum Gasteiger partial charge on any atom is 0.0951 e. The van der Waals surface area contributed by atoms with Crippen molar-refractivity contribution in [3.63, 3.8) is 0 Å². The normalized spacial score (nSPS) is 10.2. The van der Waals surface area contributed by atoms with Gasteiger partial charge in [0.2, 0.25) is 0 Å². The van der Waals surface area contributed by atoms with Gasteiger partial charge in [-0.25, -0.2) is 4.98 Å². The molecule has 0 bridgehead atoms. The van der Waals surface area contributed by atoms with Gasteiger partial charge < -0.3 is 10.3 Å².